The first-order valence-corrected chi connectivity index (χ1v) is 8.61. The maximum Gasteiger partial charge on any atom is 0.168 e. The summed E-state index contributed by atoms with van der Waals surface area (Å²) in [5.74, 6) is -2.12. The number of hydrogen-bond donors (Lipinski definition) is 0. The molecule has 0 aromatic heterocycles. The van der Waals surface area contributed by atoms with E-state index in [0.717, 1.165) is 11.1 Å². The second kappa shape index (κ2) is 8.60. The second-order valence-electron chi connectivity index (χ2n) is 6.10. The van der Waals surface area contributed by atoms with Crippen molar-refractivity contribution in [2.24, 2.45) is 11.8 Å². The van der Waals surface area contributed by atoms with Crippen molar-refractivity contribution in [1.29, 1.82) is 5.26 Å². The van der Waals surface area contributed by atoms with Crippen molar-refractivity contribution in [2.75, 3.05) is 0 Å². The molecule has 0 saturated heterocycles. The van der Waals surface area contributed by atoms with Gasteiger partial charge >= 0.3 is 0 Å². The van der Waals surface area contributed by atoms with E-state index in [0.29, 0.717) is 17.0 Å². The summed E-state index contributed by atoms with van der Waals surface area (Å²) < 4.78 is 0. The lowest BCUT2D eigenvalue weighted by Crippen LogP contribution is -2.30. The van der Waals surface area contributed by atoms with Gasteiger partial charge in [0.05, 0.1) is 6.07 Å². The van der Waals surface area contributed by atoms with E-state index in [1.54, 1.807) is 31.2 Å². The lowest BCUT2D eigenvalue weighted by Gasteiger charge is -2.20. The molecular weight excluding hydrogens is 334 g/mol. The summed E-state index contributed by atoms with van der Waals surface area (Å²) in [6.45, 7) is 3.69. The highest BCUT2D eigenvalue weighted by atomic mass is 35.5. The van der Waals surface area contributed by atoms with Gasteiger partial charge in [0.25, 0.3) is 0 Å². The first kappa shape index (κ1) is 18.9. The number of aryl methyl sites for hydroxylation is 1. The monoisotopic (exact) mass is 353 g/mol. The topological polar surface area (TPSA) is 57.9 Å². The number of nitriles is 1. The average Bonchev–Trinajstić information content (AvgIpc) is 2.62. The molecule has 2 atom stereocenters. The molecule has 0 spiro atoms. The zero-order valence-corrected chi connectivity index (χ0v) is 15.1. The molecule has 0 saturated carbocycles. The summed E-state index contributed by atoms with van der Waals surface area (Å²) in [5, 5.41) is 9.98. The number of Topliss-reactive ketones (excluding diaryl/α,β-unsaturated/α-hetero) is 2. The zero-order chi connectivity index (χ0) is 18.4. The molecular formula is C21H20ClNO2. The summed E-state index contributed by atoms with van der Waals surface area (Å²) in [6.07, 6.45) is 0.570. The molecule has 25 heavy (non-hydrogen) atoms. The Morgan fingerprint density at radius 2 is 1.84 bits per heavy atom. The number of nitrogens with zero attached hydrogens (tertiary/aromatic N) is 1. The third kappa shape index (κ3) is 4.78. The first-order chi connectivity index (χ1) is 12.0. The lowest BCUT2D eigenvalue weighted by molar-refractivity contribution is -0.121. The Kier molecular flexibility index (Phi) is 6.50. The fourth-order valence-corrected chi connectivity index (χ4v) is 2.99. The SMILES string of the molecule is CCC(=O)C(C#N)C(Cc1ccc(C)cc1)C(=O)c1cccc(Cl)c1. The molecule has 3 nitrogen and oxygen atoms in total. The molecule has 4 heteroatoms. The van der Waals surface area contributed by atoms with Crippen LogP contribution in [0.5, 0.6) is 0 Å². The van der Waals surface area contributed by atoms with Crippen LogP contribution in [0.15, 0.2) is 48.5 Å². The van der Waals surface area contributed by atoms with Gasteiger partial charge in [0.15, 0.2) is 5.78 Å². The molecule has 2 unspecified atom stereocenters. The number of halogens is 1. The van der Waals surface area contributed by atoms with Crippen LogP contribution < -0.4 is 0 Å². The standard InChI is InChI=1S/C21H20ClNO2/c1-3-20(24)19(13-23)18(11-15-9-7-14(2)8-10-15)21(25)16-5-4-6-17(22)12-16/h4-10,12,18-19H,3,11H2,1-2H3. The molecule has 0 aliphatic carbocycles. The van der Waals surface area contributed by atoms with Crippen molar-refractivity contribution in [3.05, 3.63) is 70.2 Å². The number of carbonyl (C=O) groups excluding carboxylic acids is 2. The fourth-order valence-electron chi connectivity index (χ4n) is 2.80. The van der Waals surface area contributed by atoms with E-state index in [4.69, 9.17) is 11.6 Å². The molecule has 0 aliphatic rings. The van der Waals surface area contributed by atoms with Crippen LogP contribution in [0.2, 0.25) is 5.02 Å². The lowest BCUT2D eigenvalue weighted by atomic mass is 9.79. The Bertz CT molecular complexity index is 805. The Morgan fingerprint density at radius 1 is 1.16 bits per heavy atom. The Morgan fingerprint density at radius 3 is 2.40 bits per heavy atom. The van der Waals surface area contributed by atoms with Gasteiger partial charge in [-0.3, -0.25) is 9.59 Å². The number of benzene rings is 2. The molecule has 128 valence electrons. The molecule has 0 bridgehead atoms. The average molecular weight is 354 g/mol. The first-order valence-electron chi connectivity index (χ1n) is 8.24. The molecule has 0 N–H and O–H groups in total. The summed E-state index contributed by atoms with van der Waals surface area (Å²) in [5.41, 5.74) is 2.46. The minimum Gasteiger partial charge on any atom is -0.298 e. The Hall–Kier alpha value is -2.44. The van der Waals surface area contributed by atoms with Crippen LogP contribution in [-0.2, 0) is 11.2 Å². The van der Waals surface area contributed by atoms with Crippen LogP contribution in [0.1, 0.15) is 34.8 Å². The minimum atomic E-state index is -0.960. The van der Waals surface area contributed by atoms with E-state index < -0.39 is 11.8 Å². The Labute approximate surface area is 153 Å². The normalized spacial score (nSPS) is 12.9. The van der Waals surface area contributed by atoms with Gasteiger partial charge in [0.1, 0.15) is 11.7 Å². The van der Waals surface area contributed by atoms with Crippen LogP contribution in [0.25, 0.3) is 0 Å². The van der Waals surface area contributed by atoms with Gasteiger partial charge in [-0.15, -0.1) is 0 Å². The molecule has 0 radical (unpaired) electrons. The van der Waals surface area contributed by atoms with Crippen molar-refractivity contribution < 1.29 is 9.59 Å². The van der Waals surface area contributed by atoms with E-state index in [9.17, 15) is 14.9 Å². The summed E-state index contributed by atoms with van der Waals surface area (Å²) in [6, 6.07) is 16.5. The molecule has 2 aromatic carbocycles. The predicted molar refractivity (Wildman–Crippen MR) is 98.6 cm³/mol. The predicted octanol–water partition coefficient (Wildman–Crippen LogP) is 4.81. The Balaban J connectivity index is 2.40. The third-order valence-electron chi connectivity index (χ3n) is 4.26. The summed E-state index contributed by atoms with van der Waals surface area (Å²) in [7, 11) is 0. The highest BCUT2D eigenvalue weighted by Gasteiger charge is 2.33. The number of hydrogen-bond acceptors (Lipinski definition) is 3. The molecule has 0 aliphatic heterocycles. The van der Waals surface area contributed by atoms with Crippen molar-refractivity contribution in [1.82, 2.24) is 0 Å². The van der Waals surface area contributed by atoms with Crippen LogP contribution >= 0.6 is 11.6 Å². The van der Waals surface area contributed by atoms with Crippen molar-refractivity contribution in [2.45, 2.75) is 26.7 Å². The fraction of sp³-hybridized carbons (Fsp3) is 0.286. The van der Waals surface area contributed by atoms with Gasteiger partial charge in [-0.05, 0) is 31.0 Å². The van der Waals surface area contributed by atoms with E-state index in [-0.39, 0.29) is 18.0 Å². The number of ketones is 2. The van der Waals surface area contributed by atoms with E-state index >= 15 is 0 Å². The van der Waals surface area contributed by atoms with Crippen molar-refractivity contribution >= 4 is 23.2 Å². The van der Waals surface area contributed by atoms with E-state index in [1.165, 1.54) is 0 Å². The molecule has 2 aromatic rings. The maximum absolute atomic E-state index is 13.0. The second-order valence-corrected chi connectivity index (χ2v) is 6.53. The van der Waals surface area contributed by atoms with E-state index in [2.05, 4.69) is 0 Å². The minimum absolute atomic E-state index is 0.213. The van der Waals surface area contributed by atoms with Crippen LogP contribution in [0, 0.1) is 30.1 Å². The molecule has 0 fully saturated rings. The van der Waals surface area contributed by atoms with Gasteiger partial charge in [0, 0.05) is 22.9 Å². The quantitative estimate of drug-likeness (QED) is 0.671. The van der Waals surface area contributed by atoms with Gasteiger partial charge in [-0.25, -0.2) is 0 Å². The highest BCUT2D eigenvalue weighted by Crippen LogP contribution is 2.25. The van der Waals surface area contributed by atoms with Crippen molar-refractivity contribution in [3.8, 4) is 6.07 Å². The molecule has 2 rings (SSSR count). The number of carbonyl (C=O) groups is 2. The largest absolute Gasteiger partial charge is 0.298 e. The van der Waals surface area contributed by atoms with Crippen LogP contribution in [0.4, 0.5) is 0 Å². The molecule has 0 amide bonds. The third-order valence-corrected chi connectivity index (χ3v) is 4.49. The zero-order valence-electron chi connectivity index (χ0n) is 14.3. The van der Waals surface area contributed by atoms with Gasteiger partial charge in [0.2, 0.25) is 0 Å². The number of rotatable bonds is 7. The highest BCUT2D eigenvalue weighted by molar-refractivity contribution is 6.31. The molecule has 0 heterocycles. The van der Waals surface area contributed by atoms with Gasteiger partial charge in [-0.2, -0.15) is 5.26 Å². The van der Waals surface area contributed by atoms with Gasteiger partial charge in [-0.1, -0.05) is 60.5 Å². The maximum atomic E-state index is 13.0. The van der Waals surface area contributed by atoms with Gasteiger partial charge < -0.3 is 0 Å². The van der Waals surface area contributed by atoms with E-state index in [1.807, 2.05) is 37.3 Å². The smallest absolute Gasteiger partial charge is 0.168 e. The summed E-state index contributed by atoms with van der Waals surface area (Å²) >= 11 is 5.99. The van der Waals surface area contributed by atoms with Crippen LogP contribution in [0.3, 0.4) is 0 Å². The van der Waals surface area contributed by atoms with Crippen molar-refractivity contribution in [3.63, 3.8) is 0 Å². The van der Waals surface area contributed by atoms with Crippen LogP contribution in [-0.4, -0.2) is 11.6 Å². The summed E-state index contributed by atoms with van der Waals surface area (Å²) in [4.78, 5) is 25.3.